The van der Waals surface area contributed by atoms with Crippen molar-refractivity contribution in [3.63, 3.8) is 0 Å². The van der Waals surface area contributed by atoms with Gasteiger partial charge in [-0.1, -0.05) is 19.9 Å². The number of benzene rings is 1. The van der Waals surface area contributed by atoms with Crippen LogP contribution in [0, 0.1) is 0 Å². The van der Waals surface area contributed by atoms with Gasteiger partial charge in [-0.25, -0.2) is 0 Å². The lowest BCUT2D eigenvalue weighted by molar-refractivity contribution is 0.0546. The molecule has 0 radical (unpaired) electrons. The molecule has 1 rings (SSSR count). The van der Waals surface area contributed by atoms with Gasteiger partial charge in [0.2, 0.25) is 0 Å². The molecule has 0 aliphatic heterocycles. The predicted molar refractivity (Wildman–Crippen MR) is 81.5 cm³/mol. The summed E-state index contributed by atoms with van der Waals surface area (Å²) >= 11 is 0. The van der Waals surface area contributed by atoms with Gasteiger partial charge in [0.25, 0.3) is 0 Å². The predicted octanol–water partition coefficient (Wildman–Crippen LogP) is 2.69. The minimum Gasteiger partial charge on any atom is -0.490 e. The molecule has 0 heterocycles. The number of nitrogens with one attached hydrogen (secondary N) is 1. The summed E-state index contributed by atoms with van der Waals surface area (Å²) in [4.78, 5) is 0. The SMILES string of the molecule is CCOc1ccc(C(C)(O)CNC(C)C)cc1OCC. The molecule has 1 aromatic carbocycles. The Balaban J connectivity index is 2.97. The van der Waals surface area contributed by atoms with Gasteiger partial charge < -0.3 is 19.9 Å². The topological polar surface area (TPSA) is 50.7 Å². The molecule has 4 heteroatoms. The van der Waals surface area contributed by atoms with E-state index in [2.05, 4.69) is 19.2 Å². The molecule has 2 N–H and O–H groups in total. The second-order valence-electron chi connectivity index (χ2n) is 5.34. The molecule has 1 aromatic rings. The average molecular weight is 281 g/mol. The van der Waals surface area contributed by atoms with Gasteiger partial charge in [-0.15, -0.1) is 0 Å². The van der Waals surface area contributed by atoms with Gasteiger partial charge in [0.15, 0.2) is 11.5 Å². The normalized spacial score (nSPS) is 14.2. The first-order valence-corrected chi connectivity index (χ1v) is 7.26. The van der Waals surface area contributed by atoms with Crippen molar-refractivity contribution in [3.05, 3.63) is 23.8 Å². The van der Waals surface area contributed by atoms with Crippen molar-refractivity contribution in [2.45, 2.75) is 46.3 Å². The standard InChI is InChI=1S/C16H27NO3/c1-6-19-14-9-8-13(10-15(14)20-7-2)16(5,18)11-17-12(3)4/h8-10,12,17-18H,6-7,11H2,1-5H3. The summed E-state index contributed by atoms with van der Waals surface area (Å²) in [7, 11) is 0. The van der Waals surface area contributed by atoms with Crippen molar-refractivity contribution >= 4 is 0 Å². The number of hydrogen-bond donors (Lipinski definition) is 2. The molecule has 0 aromatic heterocycles. The first-order valence-electron chi connectivity index (χ1n) is 7.26. The van der Waals surface area contributed by atoms with Crippen molar-refractivity contribution in [3.8, 4) is 11.5 Å². The van der Waals surface area contributed by atoms with E-state index in [1.54, 1.807) is 6.92 Å². The quantitative estimate of drug-likeness (QED) is 0.769. The van der Waals surface area contributed by atoms with Crippen LogP contribution in [0.3, 0.4) is 0 Å². The highest BCUT2D eigenvalue weighted by molar-refractivity contribution is 5.44. The summed E-state index contributed by atoms with van der Waals surface area (Å²) in [5, 5.41) is 13.8. The molecule has 20 heavy (non-hydrogen) atoms. The molecule has 0 spiro atoms. The van der Waals surface area contributed by atoms with Crippen molar-refractivity contribution in [2.75, 3.05) is 19.8 Å². The molecule has 0 aliphatic carbocycles. The summed E-state index contributed by atoms with van der Waals surface area (Å²) in [6.45, 7) is 11.4. The molecule has 0 saturated heterocycles. The largest absolute Gasteiger partial charge is 0.490 e. The number of rotatable bonds is 8. The Morgan fingerprint density at radius 1 is 1.15 bits per heavy atom. The number of hydrogen-bond acceptors (Lipinski definition) is 4. The van der Waals surface area contributed by atoms with Gasteiger partial charge in [0.05, 0.1) is 18.8 Å². The van der Waals surface area contributed by atoms with Gasteiger partial charge in [0.1, 0.15) is 0 Å². The summed E-state index contributed by atoms with van der Waals surface area (Å²) in [5.74, 6) is 1.39. The summed E-state index contributed by atoms with van der Waals surface area (Å²) in [6, 6.07) is 5.93. The minimum atomic E-state index is -0.944. The molecule has 1 atom stereocenters. The summed E-state index contributed by atoms with van der Waals surface area (Å²) in [5.41, 5.74) is -0.126. The highest BCUT2D eigenvalue weighted by Gasteiger charge is 2.24. The zero-order chi connectivity index (χ0) is 15.2. The van der Waals surface area contributed by atoms with Crippen LogP contribution in [0.15, 0.2) is 18.2 Å². The van der Waals surface area contributed by atoms with Gasteiger partial charge >= 0.3 is 0 Å². The zero-order valence-corrected chi connectivity index (χ0v) is 13.2. The van der Waals surface area contributed by atoms with Gasteiger partial charge in [-0.3, -0.25) is 0 Å². The third-order valence-corrected chi connectivity index (χ3v) is 3.02. The fraction of sp³-hybridized carbons (Fsp3) is 0.625. The third kappa shape index (κ3) is 4.69. The van der Waals surface area contributed by atoms with Gasteiger partial charge in [-0.2, -0.15) is 0 Å². The number of ether oxygens (including phenoxy) is 2. The lowest BCUT2D eigenvalue weighted by Gasteiger charge is -2.26. The molecule has 0 saturated carbocycles. The average Bonchev–Trinajstić information content (AvgIpc) is 2.39. The summed E-state index contributed by atoms with van der Waals surface area (Å²) in [6.07, 6.45) is 0. The molecular formula is C16H27NO3. The van der Waals surface area contributed by atoms with Crippen LogP contribution in [0.5, 0.6) is 11.5 Å². The zero-order valence-electron chi connectivity index (χ0n) is 13.2. The lowest BCUT2D eigenvalue weighted by atomic mass is 9.95. The van der Waals surface area contributed by atoms with E-state index in [4.69, 9.17) is 9.47 Å². The van der Waals surface area contributed by atoms with E-state index >= 15 is 0 Å². The van der Waals surface area contributed by atoms with Crippen LogP contribution in [-0.4, -0.2) is 30.9 Å². The van der Waals surface area contributed by atoms with Crippen molar-refractivity contribution in [2.24, 2.45) is 0 Å². The molecular weight excluding hydrogens is 254 g/mol. The van der Waals surface area contributed by atoms with E-state index in [0.717, 1.165) is 5.56 Å². The first-order chi connectivity index (χ1) is 9.40. The van der Waals surface area contributed by atoms with Crippen LogP contribution in [0.4, 0.5) is 0 Å². The molecule has 0 amide bonds. The molecule has 114 valence electrons. The number of aliphatic hydroxyl groups is 1. The molecule has 4 nitrogen and oxygen atoms in total. The fourth-order valence-electron chi connectivity index (χ4n) is 1.89. The van der Waals surface area contributed by atoms with Crippen LogP contribution < -0.4 is 14.8 Å². The second-order valence-corrected chi connectivity index (χ2v) is 5.34. The Morgan fingerprint density at radius 3 is 2.30 bits per heavy atom. The van der Waals surface area contributed by atoms with E-state index in [1.807, 2.05) is 32.0 Å². The molecule has 0 fully saturated rings. The molecule has 1 unspecified atom stereocenters. The second kappa shape index (κ2) is 7.50. The first kappa shape index (κ1) is 16.8. The van der Waals surface area contributed by atoms with Gasteiger partial charge in [-0.05, 0) is 38.5 Å². The lowest BCUT2D eigenvalue weighted by Crippen LogP contribution is -2.38. The highest BCUT2D eigenvalue weighted by Crippen LogP contribution is 2.32. The smallest absolute Gasteiger partial charge is 0.161 e. The summed E-state index contributed by atoms with van der Waals surface area (Å²) < 4.78 is 11.1. The Labute approximate surface area is 122 Å². The Hall–Kier alpha value is -1.26. The monoisotopic (exact) mass is 281 g/mol. The van der Waals surface area contributed by atoms with Crippen molar-refractivity contribution in [1.82, 2.24) is 5.32 Å². The van der Waals surface area contributed by atoms with Crippen LogP contribution in [0.1, 0.15) is 40.2 Å². The third-order valence-electron chi connectivity index (χ3n) is 3.02. The minimum absolute atomic E-state index is 0.329. The van der Waals surface area contributed by atoms with E-state index < -0.39 is 5.60 Å². The van der Waals surface area contributed by atoms with Crippen LogP contribution >= 0.6 is 0 Å². The van der Waals surface area contributed by atoms with E-state index in [1.165, 1.54) is 0 Å². The van der Waals surface area contributed by atoms with Crippen molar-refractivity contribution < 1.29 is 14.6 Å². The van der Waals surface area contributed by atoms with Crippen LogP contribution in [-0.2, 0) is 5.60 Å². The van der Waals surface area contributed by atoms with E-state index in [9.17, 15) is 5.11 Å². The van der Waals surface area contributed by atoms with E-state index in [-0.39, 0.29) is 0 Å². The molecule has 0 aliphatic rings. The highest BCUT2D eigenvalue weighted by atomic mass is 16.5. The fourth-order valence-corrected chi connectivity index (χ4v) is 1.89. The maximum absolute atomic E-state index is 10.6. The van der Waals surface area contributed by atoms with Gasteiger partial charge in [0, 0.05) is 12.6 Å². The van der Waals surface area contributed by atoms with Crippen LogP contribution in [0.25, 0.3) is 0 Å². The molecule has 0 bridgehead atoms. The maximum Gasteiger partial charge on any atom is 0.161 e. The van der Waals surface area contributed by atoms with Crippen LogP contribution in [0.2, 0.25) is 0 Å². The Kier molecular flexibility index (Phi) is 6.30. The maximum atomic E-state index is 10.6. The van der Waals surface area contributed by atoms with E-state index in [0.29, 0.717) is 37.3 Å². The Bertz CT molecular complexity index is 416. The Morgan fingerprint density at radius 2 is 1.75 bits per heavy atom. The van der Waals surface area contributed by atoms with Crippen molar-refractivity contribution in [1.29, 1.82) is 0 Å².